The Bertz CT molecular complexity index is 647. The zero-order chi connectivity index (χ0) is 20.7. The normalized spacial score (nSPS) is 18.0. The van der Waals surface area contributed by atoms with Crippen molar-refractivity contribution in [3.05, 3.63) is 35.9 Å². The Morgan fingerprint density at radius 2 is 1.75 bits per heavy atom. The van der Waals surface area contributed by atoms with E-state index < -0.39 is 11.7 Å². The number of hydrogen-bond acceptors (Lipinski definition) is 4. The maximum atomic E-state index is 12.2. The number of ether oxygens (including phenoxy) is 1. The van der Waals surface area contributed by atoms with Crippen LogP contribution in [0.1, 0.15) is 45.6 Å². The molecule has 1 saturated heterocycles. The zero-order valence-electron chi connectivity index (χ0n) is 17.5. The number of aliphatic hydroxyl groups is 1. The molecule has 1 aromatic carbocycles. The summed E-state index contributed by atoms with van der Waals surface area (Å²) in [6.07, 6.45) is -0.0598. The van der Waals surface area contributed by atoms with E-state index in [1.165, 1.54) is 0 Å². The molecule has 0 radical (unpaired) electrons. The van der Waals surface area contributed by atoms with Gasteiger partial charge in [-0.1, -0.05) is 30.3 Å². The lowest BCUT2D eigenvalue weighted by atomic mass is 9.93. The van der Waals surface area contributed by atoms with Crippen molar-refractivity contribution in [1.82, 2.24) is 9.80 Å². The molecule has 7 nitrogen and oxygen atoms in total. The number of rotatable bonds is 5. The van der Waals surface area contributed by atoms with Gasteiger partial charge in [-0.15, -0.1) is 0 Å². The van der Waals surface area contributed by atoms with Gasteiger partial charge in [0.1, 0.15) is 5.60 Å². The second-order valence-corrected chi connectivity index (χ2v) is 8.35. The molecule has 2 atom stereocenters. The molecule has 0 aromatic heterocycles. The first-order valence-corrected chi connectivity index (χ1v) is 9.91. The molecule has 7 heteroatoms. The number of hydrogen-bond donors (Lipinski definition) is 2. The molecule has 2 rings (SSSR count). The first kappa shape index (κ1) is 22.0. The summed E-state index contributed by atoms with van der Waals surface area (Å²) in [5.74, 6) is 0.596. The fraction of sp³-hybridized carbons (Fsp3) is 0.619. The van der Waals surface area contributed by atoms with Gasteiger partial charge in [0.05, 0.1) is 6.10 Å². The van der Waals surface area contributed by atoms with E-state index in [1.54, 1.807) is 11.8 Å². The van der Waals surface area contributed by atoms with Crippen LogP contribution in [0.15, 0.2) is 35.3 Å². The molecule has 1 fully saturated rings. The van der Waals surface area contributed by atoms with E-state index in [9.17, 15) is 9.90 Å². The van der Waals surface area contributed by atoms with E-state index in [1.807, 2.05) is 43.9 Å². The standard InChI is InChI=1S/C21H34N4O3/c1-16(26)14-18(17-8-6-5-7-9-17)15-23-19(22)24-10-12-25(13-11-24)20(27)28-21(2,3)4/h5-9,16,18,26H,10-15H2,1-4H3,(H2,22,23). The average Bonchev–Trinajstić information content (AvgIpc) is 2.64. The fourth-order valence-electron chi connectivity index (χ4n) is 3.20. The lowest BCUT2D eigenvalue weighted by molar-refractivity contribution is 0.0186. The molecule has 1 aromatic rings. The minimum absolute atomic E-state index is 0.114. The SMILES string of the molecule is CC(O)CC(CN=C(N)N1CCN(C(=O)OC(C)(C)C)CC1)c1ccccc1. The summed E-state index contributed by atoms with van der Waals surface area (Å²) in [7, 11) is 0. The zero-order valence-corrected chi connectivity index (χ0v) is 17.5. The highest BCUT2D eigenvalue weighted by molar-refractivity contribution is 5.78. The van der Waals surface area contributed by atoms with E-state index in [4.69, 9.17) is 10.5 Å². The van der Waals surface area contributed by atoms with E-state index in [0.717, 1.165) is 5.56 Å². The van der Waals surface area contributed by atoms with Crippen molar-refractivity contribution in [2.75, 3.05) is 32.7 Å². The number of carbonyl (C=O) groups excluding carboxylic acids is 1. The number of aliphatic imine (C=N–C) groups is 1. The van der Waals surface area contributed by atoms with Crippen molar-refractivity contribution in [2.24, 2.45) is 10.7 Å². The van der Waals surface area contributed by atoms with Gasteiger partial charge >= 0.3 is 6.09 Å². The van der Waals surface area contributed by atoms with Crippen molar-refractivity contribution in [1.29, 1.82) is 0 Å². The Labute approximate surface area is 168 Å². The highest BCUT2D eigenvalue weighted by Gasteiger charge is 2.26. The van der Waals surface area contributed by atoms with Crippen LogP contribution >= 0.6 is 0 Å². The van der Waals surface area contributed by atoms with Crippen LogP contribution in [0.25, 0.3) is 0 Å². The molecule has 1 aliphatic rings. The topological polar surface area (TPSA) is 91.4 Å². The third-order valence-corrected chi connectivity index (χ3v) is 4.63. The Balaban J connectivity index is 1.91. The number of guanidine groups is 1. The second kappa shape index (κ2) is 9.78. The molecule has 28 heavy (non-hydrogen) atoms. The van der Waals surface area contributed by atoms with Crippen LogP contribution < -0.4 is 5.73 Å². The first-order chi connectivity index (χ1) is 13.2. The Morgan fingerprint density at radius 1 is 1.18 bits per heavy atom. The van der Waals surface area contributed by atoms with Crippen molar-refractivity contribution >= 4 is 12.1 Å². The minimum atomic E-state index is -0.495. The number of nitrogens with zero attached hydrogens (tertiary/aromatic N) is 3. The number of aliphatic hydroxyl groups excluding tert-OH is 1. The predicted molar refractivity (Wildman–Crippen MR) is 111 cm³/mol. The summed E-state index contributed by atoms with van der Waals surface area (Å²) in [6, 6.07) is 10.1. The molecule has 0 saturated carbocycles. The second-order valence-electron chi connectivity index (χ2n) is 8.35. The summed E-state index contributed by atoms with van der Waals surface area (Å²) >= 11 is 0. The van der Waals surface area contributed by atoms with Crippen LogP contribution in [0.2, 0.25) is 0 Å². The van der Waals surface area contributed by atoms with Gasteiger partial charge in [0.2, 0.25) is 0 Å². The van der Waals surface area contributed by atoms with Crippen LogP contribution in [0.5, 0.6) is 0 Å². The van der Waals surface area contributed by atoms with Gasteiger partial charge in [-0.25, -0.2) is 4.79 Å². The van der Waals surface area contributed by atoms with Gasteiger partial charge in [0, 0.05) is 38.6 Å². The maximum absolute atomic E-state index is 12.2. The molecular weight excluding hydrogens is 356 g/mol. The van der Waals surface area contributed by atoms with Crippen LogP contribution in [0, 0.1) is 0 Å². The molecule has 0 aliphatic carbocycles. The van der Waals surface area contributed by atoms with Crippen LogP contribution in [-0.4, -0.2) is 71.4 Å². The third kappa shape index (κ3) is 7.03. The van der Waals surface area contributed by atoms with Gasteiger partial charge in [-0.05, 0) is 39.7 Å². The summed E-state index contributed by atoms with van der Waals surface area (Å²) < 4.78 is 5.42. The molecule has 0 bridgehead atoms. The average molecular weight is 391 g/mol. The predicted octanol–water partition coefficient (Wildman–Crippen LogP) is 2.41. The number of carbonyl (C=O) groups is 1. The van der Waals surface area contributed by atoms with Gasteiger partial charge in [0.15, 0.2) is 5.96 Å². The molecular formula is C21H34N4O3. The van der Waals surface area contributed by atoms with Crippen LogP contribution in [0.4, 0.5) is 4.79 Å². The van der Waals surface area contributed by atoms with E-state index >= 15 is 0 Å². The monoisotopic (exact) mass is 390 g/mol. The van der Waals surface area contributed by atoms with Crippen molar-refractivity contribution in [3.8, 4) is 0 Å². The van der Waals surface area contributed by atoms with Crippen molar-refractivity contribution in [2.45, 2.75) is 51.7 Å². The minimum Gasteiger partial charge on any atom is -0.444 e. The molecule has 1 heterocycles. The quantitative estimate of drug-likeness (QED) is 0.595. The molecule has 2 unspecified atom stereocenters. The number of nitrogens with two attached hydrogens (primary N) is 1. The first-order valence-electron chi connectivity index (χ1n) is 9.91. The smallest absolute Gasteiger partial charge is 0.410 e. The van der Waals surface area contributed by atoms with Crippen molar-refractivity contribution in [3.63, 3.8) is 0 Å². The highest BCUT2D eigenvalue weighted by atomic mass is 16.6. The fourth-order valence-corrected chi connectivity index (χ4v) is 3.20. The van der Waals surface area contributed by atoms with Crippen LogP contribution in [-0.2, 0) is 4.74 Å². The van der Waals surface area contributed by atoms with E-state index in [0.29, 0.717) is 45.1 Å². The molecule has 3 N–H and O–H groups in total. The Hall–Kier alpha value is -2.28. The summed E-state index contributed by atoms with van der Waals surface area (Å²) in [4.78, 5) is 20.4. The summed E-state index contributed by atoms with van der Waals surface area (Å²) in [6.45, 7) is 10.3. The molecule has 0 spiro atoms. The Kier molecular flexibility index (Phi) is 7.69. The van der Waals surface area contributed by atoms with Gasteiger partial charge in [-0.3, -0.25) is 4.99 Å². The maximum Gasteiger partial charge on any atom is 0.410 e. The summed E-state index contributed by atoms with van der Waals surface area (Å²) in [5.41, 5.74) is 6.86. The van der Waals surface area contributed by atoms with E-state index in [2.05, 4.69) is 17.1 Å². The van der Waals surface area contributed by atoms with Gasteiger partial charge in [0.25, 0.3) is 0 Å². The Morgan fingerprint density at radius 3 is 2.29 bits per heavy atom. The van der Waals surface area contributed by atoms with Gasteiger partial charge in [-0.2, -0.15) is 0 Å². The number of amides is 1. The van der Waals surface area contributed by atoms with Crippen LogP contribution in [0.3, 0.4) is 0 Å². The molecule has 1 amide bonds. The summed E-state index contributed by atoms with van der Waals surface area (Å²) in [5, 5.41) is 9.82. The lowest BCUT2D eigenvalue weighted by Crippen LogP contribution is -2.53. The lowest BCUT2D eigenvalue weighted by Gasteiger charge is -2.36. The highest BCUT2D eigenvalue weighted by Crippen LogP contribution is 2.22. The number of piperazine rings is 1. The van der Waals surface area contributed by atoms with Gasteiger partial charge < -0.3 is 25.4 Å². The molecule has 156 valence electrons. The van der Waals surface area contributed by atoms with E-state index in [-0.39, 0.29) is 12.0 Å². The number of benzene rings is 1. The third-order valence-electron chi connectivity index (χ3n) is 4.63. The van der Waals surface area contributed by atoms with Crippen molar-refractivity contribution < 1.29 is 14.6 Å². The molecule has 1 aliphatic heterocycles. The largest absolute Gasteiger partial charge is 0.444 e.